The third kappa shape index (κ3) is 7.23. The van der Waals surface area contributed by atoms with Gasteiger partial charge >= 0.3 is 0 Å². The topological polar surface area (TPSA) is 136 Å². The monoisotopic (exact) mass is 1040 g/mol. The summed E-state index contributed by atoms with van der Waals surface area (Å²) in [5, 5.41) is 0. The number of Topliss-reactive ketones (excluding diaryl/α,β-unsaturated/α-hetero) is 2. The summed E-state index contributed by atoms with van der Waals surface area (Å²) in [6, 6.07) is 0. The molecule has 14 atom stereocenters. The fraction of sp³-hybridized carbons (Fsp3) is 0.754. The molecule has 1 N–H and O–H groups in total. The standard InChI is InChI=1S/C33H46N2O3.C32H44N2O4/c1-28(2)13-15-33(27(38)35(9)10)16-14-32(7)25(20(33)18-28)22(36)17-24-30(5)19-21(34-8)26(37)29(3,4)23(30)11-12-31(24,32)6;1-27(2)12-14-32(26(37)34-38-9)15-13-31(7)24(19(32)17-27)21(35)16-23-29(5)18-20(33-8)25(36)28(3,4)22(29)10-11-30(23,31)6/h17,19-20,23,25H,11-16,18H2,1-7,9-10H3;16,18-19,22,24H,10-15,17H2,1-7,9H3,(H,34,37)/t20-,23-,25-,30-,31+,32+,33-;19-,22-,24-,29-,30+,31+,32-/m00/s1. The summed E-state index contributed by atoms with van der Waals surface area (Å²) in [6.07, 6.45) is 19.7. The van der Waals surface area contributed by atoms with Crippen molar-refractivity contribution in [1.29, 1.82) is 0 Å². The molecule has 11 nitrogen and oxygen atoms in total. The van der Waals surface area contributed by atoms with Crippen molar-refractivity contribution in [3.63, 3.8) is 0 Å². The van der Waals surface area contributed by atoms with Crippen molar-refractivity contribution < 1.29 is 33.6 Å². The number of rotatable bonds is 3. The second-order valence-corrected chi connectivity index (χ2v) is 30.6. The third-order valence-electron chi connectivity index (χ3n) is 25.2. The van der Waals surface area contributed by atoms with E-state index in [4.69, 9.17) is 18.0 Å². The second kappa shape index (κ2) is 17.3. The van der Waals surface area contributed by atoms with E-state index in [1.165, 1.54) is 7.11 Å². The van der Waals surface area contributed by atoms with Crippen LogP contribution in [0.3, 0.4) is 0 Å². The Morgan fingerprint density at radius 3 is 1.32 bits per heavy atom. The first-order chi connectivity index (χ1) is 34.9. The summed E-state index contributed by atoms with van der Waals surface area (Å²) >= 11 is 0. The second-order valence-electron chi connectivity index (χ2n) is 30.6. The van der Waals surface area contributed by atoms with Crippen LogP contribution in [0, 0.1) is 114 Å². The Kier molecular flexibility index (Phi) is 12.8. The van der Waals surface area contributed by atoms with E-state index in [1.54, 1.807) is 4.90 Å². The van der Waals surface area contributed by atoms with E-state index in [0.717, 1.165) is 101 Å². The molecule has 10 rings (SSSR count). The predicted molar refractivity (Wildman–Crippen MR) is 294 cm³/mol. The molecule has 412 valence electrons. The molecule has 0 radical (unpaired) electrons. The lowest BCUT2D eigenvalue weighted by atomic mass is 9.34. The maximum absolute atomic E-state index is 14.5. The molecule has 0 aliphatic heterocycles. The molecule has 0 bridgehead atoms. The predicted octanol–water partition coefficient (Wildman–Crippen LogP) is 12.9. The van der Waals surface area contributed by atoms with Gasteiger partial charge in [-0.05, 0) is 158 Å². The zero-order valence-corrected chi connectivity index (χ0v) is 49.4. The van der Waals surface area contributed by atoms with E-state index in [9.17, 15) is 28.8 Å². The van der Waals surface area contributed by atoms with Gasteiger partial charge in [-0.3, -0.25) is 24.0 Å². The summed E-state index contributed by atoms with van der Waals surface area (Å²) in [6.45, 7) is 46.1. The van der Waals surface area contributed by atoms with Crippen molar-refractivity contribution in [2.24, 2.45) is 100 Å². The van der Waals surface area contributed by atoms with Crippen LogP contribution in [0.2, 0.25) is 0 Å². The van der Waals surface area contributed by atoms with E-state index >= 15 is 0 Å². The largest absolute Gasteiger partial charge is 0.348 e. The highest BCUT2D eigenvalue weighted by Gasteiger charge is 2.73. The maximum Gasteiger partial charge on any atom is 0.250 e. The minimum absolute atomic E-state index is 0.0197. The first kappa shape index (κ1) is 56.2. The smallest absolute Gasteiger partial charge is 0.250 e. The molecule has 2 amide bonds. The Morgan fingerprint density at radius 1 is 0.566 bits per heavy atom. The van der Waals surface area contributed by atoms with Crippen molar-refractivity contribution in [2.45, 2.75) is 187 Å². The number of hydrogen-bond donors (Lipinski definition) is 1. The van der Waals surface area contributed by atoms with Crippen LogP contribution >= 0.6 is 0 Å². The fourth-order valence-electron chi connectivity index (χ4n) is 20.6. The van der Waals surface area contributed by atoms with Crippen LogP contribution in [-0.4, -0.2) is 61.1 Å². The van der Waals surface area contributed by atoms with Crippen molar-refractivity contribution in [2.75, 3.05) is 21.2 Å². The lowest BCUT2D eigenvalue weighted by Crippen LogP contribution is -2.66. The van der Waals surface area contributed by atoms with Crippen LogP contribution in [0.25, 0.3) is 9.69 Å². The van der Waals surface area contributed by atoms with Gasteiger partial charge in [-0.2, -0.15) is 0 Å². The Labute approximate surface area is 455 Å². The maximum atomic E-state index is 14.5. The van der Waals surface area contributed by atoms with Gasteiger partial charge in [0.15, 0.2) is 23.1 Å². The Bertz CT molecular complexity index is 2830. The van der Waals surface area contributed by atoms with E-state index in [-0.39, 0.29) is 114 Å². The number of nitrogens with zero attached hydrogens (tertiary/aromatic N) is 3. The highest BCUT2D eigenvalue weighted by molar-refractivity contribution is 6.04. The van der Waals surface area contributed by atoms with Crippen LogP contribution < -0.4 is 5.48 Å². The number of carbonyl (C=O) groups excluding carboxylic acids is 6. The molecule has 10 aliphatic rings. The van der Waals surface area contributed by atoms with Crippen LogP contribution in [0.4, 0.5) is 0 Å². The molecule has 10 aliphatic carbocycles. The molecule has 0 unspecified atom stereocenters. The number of nitrogens with one attached hydrogen (secondary N) is 1. The molecule has 0 aromatic heterocycles. The van der Waals surface area contributed by atoms with Gasteiger partial charge in [0.2, 0.25) is 23.2 Å². The van der Waals surface area contributed by atoms with E-state index < -0.39 is 32.5 Å². The van der Waals surface area contributed by atoms with E-state index in [2.05, 4.69) is 84.4 Å². The average molecular weight is 1040 g/mol. The Morgan fingerprint density at radius 2 is 0.934 bits per heavy atom. The number of hydroxylamine groups is 1. The molecule has 11 heteroatoms. The molecule has 0 aromatic carbocycles. The van der Waals surface area contributed by atoms with Crippen LogP contribution in [0.5, 0.6) is 0 Å². The van der Waals surface area contributed by atoms with E-state index in [1.807, 2.05) is 66.1 Å². The van der Waals surface area contributed by atoms with Gasteiger partial charge < -0.3 is 14.5 Å². The highest BCUT2D eigenvalue weighted by Crippen LogP contribution is 2.77. The number of fused-ring (bicyclic) bond motifs is 14. The minimum atomic E-state index is -0.667. The average Bonchev–Trinajstić information content (AvgIpc) is 3.32. The van der Waals surface area contributed by atoms with Crippen LogP contribution in [0.15, 0.2) is 46.8 Å². The Hall–Kier alpha value is -4.48. The van der Waals surface area contributed by atoms with Gasteiger partial charge in [0.25, 0.3) is 0 Å². The molecule has 0 heterocycles. The summed E-state index contributed by atoms with van der Waals surface area (Å²) in [5.74, 6) is -0.177. The molecule has 0 spiro atoms. The van der Waals surface area contributed by atoms with Gasteiger partial charge in [0.05, 0.1) is 31.1 Å². The SMILES string of the molecule is [C-]#[N+]C1=C[C@]2(C)C3=CC(=O)[C@@H]4[C@@H]5CC(C)(C)CC[C@]5(C(=O)N(C)C)CC[C@@]4(C)[C@]3(C)CC[C@H]2C(C)(C)C1=O.[C-]#[N+]C1=C[C@]2(C)C3=CC(=O)[C@@H]4[C@@H]5CC(C)(C)CC[C@]5(C(=O)NOC)CC[C@@]4(C)[C@]3(C)CC[C@H]2C(C)(C)C1=O. The van der Waals surface area contributed by atoms with Gasteiger partial charge in [-0.25, -0.2) is 15.2 Å². The first-order valence-electron chi connectivity index (χ1n) is 28.8. The third-order valence-corrected chi connectivity index (χ3v) is 25.2. The number of carbonyl (C=O) groups is 6. The fourth-order valence-corrected chi connectivity index (χ4v) is 20.6. The van der Waals surface area contributed by atoms with Crippen molar-refractivity contribution in [3.05, 3.63) is 69.7 Å². The first-order valence-corrected chi connectivity index (χ1v) is 28.8. The number of hydrogen-bond acceptors (Lipinski definition) is 7. The molecular weight excluding hydrogens is 949 g/mol. The molecule has 0 aromatic rings. The summed E-state index contributed by atoms with van der Waals surface area (Å²) < 4.78 is 0. The molecule has 6 fully saturated rings. The number of ketones is 4. The molecule has 0 saturated heterocycles. The normalized spacial score (nSPS) is 44.8. The zero-order valence-electron chi connectivity index (χ0n) is 49.4. The van der Waals surface area contributed by atoms with Crippen molar-refractivity contribution in [3.8, 4) is 0 Å². The Balaban J connectivity index is 0.000000186. The highest BCUT2D eigenvalue weighted by atomic mass is 16.6. The summed E-state index contributed by atoms with van der Waals surface area (Å²) in [5.41, 5.74) is 0.837. The number of amides is 2. The van der Waals surface area contributed by atoms with Crippen molar-refractivity contribution in [1.82, 2.24) is 10.4 Å². The summed E-state index contributed by atoms with van der Waals surface area (Å²) in [7, 11) is 5.20. The van der Waals surface area contributed by atoms with Gasteiger partial charge in [0.1, 0.15) is 0 Å². The summed E-state index contributed by atoms with van der Waals surface area (Å²) in [4.78, 5) is 97.0. The lowest BCUT2D eigenvalue weighted by Gasteiger charge is -2.69. The molecule has 6 saturated carbocycles. The van der Waals surface area contributed by atoms with Gasteiger partial charge in [-0.1, -0.05) is 120 Å². The quantitative estimate of drug-likeness (QED) is 0.220. The molecule has 76 heavy (non-hydrogen) atoms. The minimum Gasteiger partial charge on any atom is -0.348 e. The van der Waals surface area contributed by atoms with E-state index in [0.29, 0.717) is 0 Å². The zero-order chi connectivity index (χ0) is 56.4. The molecular formula is C65H90N4O7. The number of allylic oxidation sites excluding steroid dienone is 8. The van der Waals surface area contributed by atoms with Crippen LogP contribution in [-0.2, 0) is 33.6 Å². The van der Waals surface area contributed by atoms with Gasteiger partial charge in [-0.15, -0.1) is 0 Å². The lowest BCUT2D eigenvalue weighted by molar-refractivity contribution is -0.184. The van der Waals surface area contributed by atoms with Gasteiger partial charge in [0, 0.05) is 47.6 Å². The van der Waals surface area contributed by atoms with Crippen molar-refractivity contribution >= 4 is 34.9 Å². The van der Waals surface area contributed by atoms with Crippen LogP contribution in [0.1, 0.15) is 187 Å².